The number of carboxylic acid groups (broad SMARTS) is 1. The second-order valence-corrected chi connectivity index (χ2v) is 22.9. The lowest BCUT2D eigenvalue weighted by molar-refractivity contribution is 0.0125. The molecule has 20 heteroatoms. The largest absolute Gasteiger partial charge is 0.465 e. The predicted molar refractivity (Wildman–Crippen MR) is 284 cm³/mol. The van der Waals surface area contributed by atoms with Crippen molar-refractivity contribution < 1.29 is 37.1 Å². The van der Waals surface area contributed by atoms with Crippen molar-refractivity contribution in [2.45, 2.75) is 130 Å². The van der Waals surface area contributed by atoms with Crippen molar-refractivity contribution >= 4 is 51.0 Å². The topological polar surface area (TPSA) is 177 Å². The number of nitrogens with two attached hydrogens (primary N) is 1. The van der Waals surface area contributed by atoms with Crippen LogP contribution in [0.3, 0.4) is 0 Å². The molecule has 16 nitrogen and oxygen atoms in total. The summed E-state index contributed by atoms with van der Waals surface area (Å²) in [6.07, 6.45) is 4.15. The summed E-state index contributed by atoms with van der Waals surface area (Å²) in [6, 6.07) is 13.3. The van der Waals surface area contributed by atoms with Gasteiger partial charge in [-0.3, -0.25) is 14.5 Å². The third kappa shape index (κ3) is 10.00. The molecule has 3 N–H and O–H groups in total. The van der Waals surface area contributed by atoms with Gasteiger partial charge in [0.25, 0.3) is 11.8 Å². The maximum absolute atomic E-state index is 15.7. The Morgan fingerprint density at radius 2 is 1.10 bits per heavy atom. The fourth-order valence-corrected chi connectivity index (χ4v) is 11.6. The first kappa shape index (κ1) is 51.7. The van der Waals surface area contributed by atoms with Gasteiger partial charge in [0, 0.05) is 89.9 Å². The average Bonchev–Trinajstić information content (AvgIpc) is 4.25. The Balaban J connectivity index is 0.000000166. The summed E-state index contributed by atoms with van der Waals surface area (Å²) in [5.74, 6) is -0.976. The number of nitrogens with zero attached hydrogens (tertiary/aromatic N) is 11. The minimum Gasteiger partial charge on any atom is -0.465 e. The Morgan fingerprint density at radius 3 is 1.52 bits per heavy atom. The number of halogens is 4. The summed E-state index contributed by atoms with van der Waals surface area (Å²) in [5.41, 5.74) is 13.8. The lowest BCUT2D eigenvalue weighted by atomic mass is 9.96. The van der Waals surface area contributed by atoms with Crippen LogP contribution in [0.5, 0.6) is 0 Å². The van der Waals surface area contributed by atoms with Gasteiger partial charge in [0.2, 0.25) is 0 Å². The molecule has 12 rings (SSSR count). The van der Waals surface area contributed by atoms with E-state index in [0.29, 0.717) is 39.9 Å². The van der Waals surface area contributed by atoms with Crippen LogP contribution in [-0.4, -0.2) is 132 Å². The first-order valence-corrected chi connectivity index (χ1v) is 26.6. The van der Waals surface area contributed by atoms with E-state index in [1.165, 1.54) is 55.0 Å². The van der Waals surface area contributed by atoms with E-state index in [4.69, 9.17) is 25.9 Å². The van der Waals surface area contributed by atoms with Crippen LogP contribution in [-0.2, 0) is 13.1 Å². The highest BCUT2D eigenvalue weighted by molar-refractivity contribution is 5.96. The summed E-state index contributed by atoms with van der Waals surface area (Å²) in [6.45, 7) is 14.5. The molecule has 8 aromatic rings. The molecule has 4 fully saturated rings. The van der Waals surface area contributed by atoms with Crippen LogP contribution < -0.4 is 5.73 Å². The van der Waals surface area contributed by atoms with E-state index in [9.17, 15) is 28.3 Å². The quantitative estimate of drug-likeness (QED) is 0.133. The second kappa shape index (κ2) is 19.6. The number of amides is 3. The SMILES string of the molecule is Cc1ccc2cc(-c3nn4cc(C(=O)N5C[C@H](F)C[C@@H](N(C(=O)O)C(C)(C)C)C5)cc(F)c4c3C)n(CC3CC3)c2n1.Cc1ccc2cc(-c3nn4cc(C(=O)N5C[C@H](N)C[C@@H](F)C5)cc(F)c4c3C)n(CC3CC3)c2n1. The maximum Gasteiger partial charge on any atom is 0.408 e. The molecule has 404 valence electrons. The number of aromatic nitrogens is 8. The van der Waals surface area contributed by atoms with E-state index >= 15 is 8.78 Å². The Hall–Kier alpha value is -7.35. The molecule has 77 heavy (non-hydrogen) atoms. The van der Waals surface area contributed by atoms with Crippen LogP contribution in [0.15, 0.2) is 60.9 Å². The van der Waals surface area contributed by atoms with Crippen molar-refractivity contribution in [2.24, 2.45) is 17.6 Å². The number of carbonyl (C=O) groups excluding carboxylic acids is 2. The summed E-state index contributed by atoms with van der Waals surface area (Å²) in [7, 11) is 0. The lowest BCUT2D eigenvalue weighted by Gasteiger charge is -2.45. The van der Waals surface area contributed by atoms with Crippen LogP contribution in [0.1, 0.15) is 103 Å². The Labute approximate surface area is 442 Å². The number of hydrogen-bond donors (Lipinski definition) is 2. The van der Waals surface area contributed by atoms with Crippen LogP contribution in [0.25, 0.3) is 55.9 Å². The molecule has 3 amide bonds. The van der Waals surface area contributed by atoms with Gasteiger partial charge in [0.1, 0.15) is 57.7 Å². The fourth-order valence-electron chi connectivity index (χ4n) is 11.6. The van der Waals surface area contributed by atoms with E-state index in [2.05, 4.69) is 21.3 Å². The van der Waals surface area contributed by atoms with Crippen LogP contribution >= 0.6 is 0 Å². The zero-order chi connectivity index (χ0) is 54.5. The predicted octanol–water partition coefficient (Wildman–Crippen LogP) is 9.88. The molecule has 2 aliphatic carbocycles. The third-order valence-corrected chi connectivity index (χ3v) is 15.5. The molecule has 0 spiro atoms. The van der Waals surface area contributed by atoms with Gasteiger partial charge < -0.3 is 29.8 Å². The highest BCUT2D eigenvalue weighted by Crippen LogP contribution is 2.39. The van der Waals surface area contributed by atoms with Gasteiger partial charge in [-0.05, 0) is 141 Å². The van der Waals surface area contributed by atoms with Gasteiger partial charge in [-0.1, -0.05) is 0 Å². The summed E-state index contributed by atoms with van der Waals surface area (Å²) < 4.78 is 67.1. The van der Waals surface area contributed by atoms with E-state index in [-0.39, 0.29) is 55.7 Å². The normalized spacial score (nSPS) is 20.1. The molecular formula is C57H64F4N12O4. The zero-order valence-corrected chi connectivity index (χ0v) is 44.4. The van der Waals surface area contributed by atoms with Crippen molar-refractivity contribution in [2.75, 3.05) is 26.2 Å². The molecular weight excluding hydrogens is 993 g/mol. The van der Waals surface area contributed by atoms with Gasteiger partial charge in [-0.15, -0.1) is 0 Å². The molecule has 4 atom stereocenters. The van der Waals surface area contributed by atoms with E-state index in [1.54, 1.807) is 20.8 Å². The lowest BCUT2D eigenvalue weighted by Crippen LogP contribution is -2.59. The highest BCUT2D eigenvalue weighted by atomic mass is 19.1. The molecule has 0 unspecified atom stereocenters. The number of likely N-dealkylation sites (tertiary alicyclic amines) is 2. The molecule has 2 saturated carbocycles. The molecule has 10 heterocycles. The third-order valence-electron chi connectivity index (χ3n) is 15.5. The van der Waals surface area contributed by atoms with Gasteiger partial charge in [-0.25, -0.2) is 41.4 Å². The highest BCUT2D eigenvalue weighted by Gasteiger charge is 2.41. The van der Waals surface area contributed by atoms with Gasteiger partial charge in [0.15, 0.2) is 0 Å². The molecule has 8 aromatic heterocycles. The molecule has 2 saturated heterocycles. The first-order chi connectivity index (χ1) is 36.6. The molecule has 0 bridgehead atoms. The minimum absolute atomic E-state index is 0.00824. The summed E-state index contributed by atoms with van der Waals surface area (Å²) in [5, 5.41) is 21.3. The van der Waals surface area contributed by atoms with E-state index in [0.717, 1.165) is 76.8 Å². The molecule has 4 aliphatic rings. The standard InChI is InChI=1S/C31H36F2N6O3.C26H28F2N6O/c1-17-6-9-20-11-25(37(28(20)34-17)13-19-7-8-19)26-18(2)27-24(33)10-21(14-38(27)35-26)29(40)36-15-22(32)12-23(16-36)39(30(41)42)31(3,4)5;1-14-3-6-17-8-22(33(25(17)30-14)10-16-4-5-16)23-15(2)24-21(28)7-18(11-34(24)31-23)26(35)32-12-19(27)9-20(29)13-32/h6,9-11,14,19,22-23H,7-8,12-13,15-16H2,1-5H3,(H,41,42);3,6-8,11,16,19-20H,4-5,9-10,12-13,29H2,1-2H3/t22-,23-;19-,20-/m11/s1. The number of fused-ring (bicyclic) bond motifs is 4. The maximum atomic E-state index is 15.7. The number of aryl methyl sites for hydroxylation is 4. The van der Waals surface area contributed by atoms with Gasteiger partial charge in [-0.2, -0.15) is 10.2 Å². The molecule has 0 aromatic carbocycles. The summed E-state index contributed by atoms with van der Waals surface area (Å²) in [4.78, 5) is 52.1. The van der Waals surface area contributed by atoms with Crippen molar-refractivity contribution in [3.05, 3.63) is 106 Å². The number of alkyl halides is 2. The average molecular weight is 1060 g/mol. The van der Waals surface area contributed by atoms with Gasteiger partial charge in [0.05, 0.1) is 41.6 Å². The minimum atomic E-state index is -1.41. The Morgan fingerprint density at radius 1 is 0.662 bits per heavy atom. The number of carbonyl (C=O) groups is 3. The first-order valence-electron chi connectivity index (χ1n) is 26.6. The number of hydrogen-bond acceptors (Lipinski definition) is 8. The molecule has 2 aliphatic heterocycles. The second-order valence-electron chi connectivity index (χ2n) is 22.9. The van der Waals surface area contributed by atoms with Crippen molar-refractivity contribution in [1.29, 1.82) is 0 Å². The fraction of sp³-hybridized carbons (Fsp3) is 0.456. The number of rotatable bonds is 9. The van der Waals surface area contributed by atoms with Crippen LogP contribution in [0.2, 0.25) is 0 Å². The number of piperidine rings is 2. The Bertz CT molecular complexity index is 3650. The van der Waals surface area contributed by atoms with Crippen molar-refractivity contribution in [1.82, 2.24) is 53.0 Å². The van der Waals surface area contributed by atoms with Crippen molar-refractivity contribution in [3.8, 4) is 22.8 Å². The number of pyridine rings is 4. The monoisotopic (exact) mass is 1060 g/mol. The van der Waals surface area contributed by atoms with Gasteiger partial charge >= 0.3 is 6.09 Å². The Kier molecular flexibility index (Phi) is 13.2. The smallest absolute Gasteiger partial charge is 0.408 e. The van der Waals surface area contributed by atoms with E-state index in [1.807, 2.05) is 52.0 Å². The van der Waals surface area contributed by atoms with E-state index < -0.39 is 59.5 Å². The van der Waals surface area contributed by atoms with Crippen LogP contribution in [0, 0.1) is 51.2 Å². The van der Waals surface area contributed by atoms with Crippen LogP contribution in [0.4, 0.5) is 22.4 Å². The molecule has 0 radical (unpaired) electrons. The summed E-state index contributed by atoms with van der Waals surface area (Å²) >= 11 is 0. The zero-order valence-electron chi connectivity index (χ0n) is 44.4. The van der Waals surface area contributed by atoms with Crippen molar-refractivity contribution in [3.63, 3.8) is 0 Å².